The van der Waals surface area contributed by atoms with Gasteiger partial charge in [-0.1, -0.05) is 12.8 Å². The van der Waals surface area contributed by atoms with E-state index in [0.29, 0.717) is 12.1 Å². The van der Waals surface area contributed by atoms with Crippen LogP contribution in [0.15, 0.2) is 18.2 Å². The monoisotopic (exact) mass is 407 g/mol. The molecule has 12 heteroatoms. The average Bonchev–Trinajstić information content (AvgIpc) is 3.28. The second-order valence-electron chi connectivity index (χ2n) is 6.46. The number of rotatable bonds is 4. The summed E-state index contributed by atoms with van der Waals surface area (Å²) in [6.07, 6.45) is -6.34. The summed E-state index contributed by atoms with van der Waals surface area (Å²) in [6, 6.07) is 0.791. The van der Waals surface area contributed by atoms with Crippen molar-refractivity contribution < 1.29 is 31.1 Å². The third-order valence-electron chi connectivity index (χ3n) is 4.49. The van der Waals surface area contributed by atoms with Gasteiger partial charge < -0.3 is 5.32 Å². The van der Waals surface area contributed by atoms with Crippen molar-refractivity contribution in [1.29, 1.82) is 0 Å². The van der Waals surface area contributed by atoms with Crippen LogP contribution < -0.4 is 5.32 Å². The van der Waals surface area contributed by atoms with Crippen LogP contribution in [-0.2, 0) is 18.9 Å². The molecule has 1 saturated carbocycles. The van der Waals surface area contributed by atoms with Gasteiger partial charge in [0, 0.05) is 5.56 Å². The van der Waals surface area contributed by atoms with Crippen LogP contribution in [0, 0.1) is 0 Å². The van der Waals surface area contributed by atoms with Crippen molar-refractivity contribution in [2.24, 2.45) is 0 Å². The summed E-state index contributed by atoms with van der Waals surface area (Å²) in [5.74, 6) is -0.805. The van der Waals surface area contributed by atoms with Crippen molar-refractivity contribution in [2.75, 3.05) is 0 Å². The number of alkyl halides is 6. The minimum Gasteiger partial charge on any atom is -0.345 e. The molecule has 1 amide bonds. The van der Waals surface area contributed by atoms with Gasteiger partial charge in [0.25, 0.3) is 5.91 Å². The lowest BCUT2D eigenvalue weighted by Crippen LogP contribution is -2.26. The maximum absolute atomic E-state index is 12.9. The molecular formula is C16H15F6N5O. The summed E-state index contributed by atoms with van der Waals surface area (Å²) in [7, 11) is 0. The molecule has 0 atom stereocenters. The van der Waals surface area contributed by atoms with Crippen LogP contribution >= 0.6 is 0 Å². The van der Waals surface area contributed by atoms with Crippen LogP contribution in [-0.4, -0.2) is 26.1 Å². The molecule has 0 unspecified atom stereocenters. The van der Waals surface area contributed by atoms with Crippen LogP contribution in [0.3, 0.4) is 0 Å². The molecule has 1 heterocycles. The van der Waals surface area contributed by atoms with Crippen molar-refractivity contribution >= 4 is 5.91 Å². The topological polar surface area (TPSA) is 72.7 Å². The molecule has 1 fully saturated rings. The largest absolute Gasteiger partial charge is 0.416 e. The lowest BCUT2D eigenvalue weighted by atomic mass is 10.0. The van der Waals surface area contributed by atoms with E-state index in [0.717, 1.165) is 25.7 Å². The maximum atomic E-state index is 12.9. The number of nitrogens with one attached hydrogen (secondary N) is 1. The zero-order chi connectivity index (χ0) is 20.5. The SMILES string of the molecule is O=C(NCc1nnnn1C1CCCC1)c1cc(C(F)(F)F)cc(C(F)(F)F)c1. The zero-order valence-corrected chi connectivity index (χ0v) is 14.3. The first-order valence-corrected chi connectivity index (χ1v) is 8.40. The molecular weight excluding hydrogens is 392 g/mol. The minimum absolute atomic E-state index is 0.0303. The molecule has 6 nitrogen and oxygen atoms in total. The van der Waals surface area contributed by atoms with Gasteiger partial charge in [-0.2, -0.15) is 26.3 Å². The number of halogens is 6. The number of nitrogens with zero attached hydrogens (tertiary/aromatic N) is 4. The van der Waals surface area contributed by atoms with Crippen molar-refractivity contribution in [3.8, 4) is 0 Å². The zero-order valence-electron chi connectivity index (χ0n) is 14.3. The maximum Gasteiger partial charge on any atom is 0.416 e. The summed E-state index contributed by atoms with van der Waals surface area (Å²) in [4.78, 5) is 12.2. The van der Waals surface area contributed by atoms with Crippen LogP contribution in [0.1, 0.15) is 59.0 Å². The normalized spacial score (nSPS) is 15.8. The van der Waals surface area contributed by atoms with E-state index >= 15 is 0 Å². The number of carbonyl (C=O) groups is 1. The Morgan fingerprint density at radius 1 is 1.04 bits per heavy atom. The first kappa shape index (κ1) is 20.1. The van der Waals surface area contributed by atoms with E-state index in [1.807, 2.05) is 0 Å². The third kappa shape index (κ3) is 4.42. The molecule has 0 bridgehead atoms. The van der Waals surface area contributed by atoms with Crippen LogP contribution in [0.25, 0.3) is 0 Å². The highest BCUT2D eigenvalue weighted by molar-refractivity contribution is 5.94. The van der Waals surface area contributed by atoms with Gasteiger partial charge in [-0.25, -0.2) is 4.68 Å². The summed E-state index contributed by atoms with van der Waals surface area (Å²) in [5.41, 5.74) is -3.85. The van der Waals surface area contributed by atoms with Crippen LogP contribution in [0.5, 0.6) is 0 Å². The molecule has 1 aromatic heterocycles. The highest BCUT2D eigenvalue weighted by Gasteiger charge is 2.37. The molecule has 1 aromatic carbocycles. The van der Waals surface area contributed by atoms with Crippen molar-refractivity contribution in [2.45, 2.75) is 50.6 Å². The fourth-order valence-electron chi connectivity index (χ4n) is 3.11. The fourth-order valence-corrected chi connectivity index (χ4v) is 3.11. The number of carbonyl (C=O) groups excluding carboxylic acids is 1. The second-order valence-corrected chi connectivity index (χ2v) is 6.46. The molecule has 0 saturated heterocycles. The Hall–Kier alpha value is -2.66. The van der Waals surface area contributed by atoms with E-state index in [1.165, 1.54) is 4.68 Å². The lowest BCUT2D eigenvalue weighted by molar-refractivity contribution is -0.143. The van der Waals surface area contributed by atoms with E-state index in [2.05, 4.69) is 20.8 Å². The first-order chi connectivity index (χ1) is 13.1. The van der Waals surface area contributed by atoms with Crippen molar-refractivity contribution in [1.82, 2.24) is 25.5 Å². The number of hydrogen-bond acceptors (Lipinski definition) is 4. The average molecular weight is 407 g/mol. The number of hydrogen-bond donors (Lipinski definition) is 1. The Balaban J connectivity index is 1.80. The Bertz CT molecular complexity index is 822. The molecule has 28 heavy (non-hydrogen) atoms. The number of aromatic nitrogens is 4. The first-order valence-electron chi connectivity index (χ1n) is 8.40. The Morgan fingerprint density at radius 2 is 1.61 bits per heavy atom. The van der Waals surface area contributed by atoms with Crippen LogP contribution in [0.4, 0.5) is 26.3 Å². The predicted octanol–water partition coefficient (Wildman–Crippen LogP) is 3.76. The van der Waals surface area contributed by atoms with E-state index in [9.17, 15) is 31.1 Å². The second kappa shape index (κ2) is 7.40. The standard InChI is InChI=1S/C16H15F6N5O/c17-15(18,19)10-5-9(6-11(7-10)16(20,21)22)14(28)23-8-13-24-25-26-27(13)12-3-1-2-4-12/h5-7,12H,1-4,8H2,(H,23,28). The van der Waals surface area contributed by atoms with Gasteiger partial charge in [0.05, 0.1) is 23.7 Å². The molecule has 3 rings (SSSR count). The van der Waals surface area contributed by atoms with E-state index < -0.39 is 35.0 Å². The quantitative estimate of drug-likeness (QED) is 0.784. The molecule has 1 aliphatic rings. The van der Waals surface area contributed by atoms with Gasteiger partial charge in [0.1, 0.15) is 0 Å². The molecule has 0 aliphatic heterocycles. The van der Waals surface area contributed by atoms with Gasteiger partial charge in [0.15, 0.2) is 5.82 Å². The highest BCUT2D eigenvalue weighted by Crippen LogP contribution is 2.36. The number of benzene rings is 1. The summed E-state index contributed by atoms with van der Waals surface area (Å²) >= 11 is 0. The van der Waals surface area contributed by atoms with E-state index in [1.54, 1.807) is 0 Å². The summed E-state index contributed by atoms with van der Waals surface area (Å²) < 4.78 is 79.0. The van der Waals surface area contributed by atoms with Crippen LogP contribution in [0.2, 0.25) is 0 Å². The van der Waals surface area contributed by atoms with Gasteiger partial charge in [-0.3, -0.25) is 4.79 Å². The highest BCUT2D eigenvalue weighted by atomic mass is 19.4. The third-order valence-corrected chi connectivity index (χ3v) is 4.49. The van der Waals surface area contributed by atoms with Crippen molar-refractivity contribution in [3.63, 3.8) is 0 Å². The smallest absolute Gasteiger partial charge is 0.345 e. The molecule has 1 N–H and O–H groups in total. The summed E-state index contributed by atoms with van der Waals surface area (Å²) in [5, 5.41) is 13.4. The molecule has 2 aromatic rings. The van der Waals surface area contributed by atoms with E-state index in [-0.39, 0.29) is 24.5 Å². The Kier molecular flexibility index (Phi) is 5.31. The lowest BCUT2D eigenvalue weighted by Gasteiger charge is -2.14. The number of tetrazole rings is 1. The summed E-state index contributed by atoms with van der Waals surface area (Å²) in [6.45, 7) is -0.222. The molecule has 0 spiro atoms. The van der Waals surface area contributed by atoms with Crippen molar-refractivity contribution in [3.05, 3.63) is 40.7 Å². The van der Waals surface area contributed by atoms with E-state index in [4.69, 9.17) is 0 Å². The Morgan fingerprint density at radius 3 is 2.14 bits per heavy atom. The van der Waals surface area contributed by atoms with Gasteiger partial charge in [-0.15, -0.1) is 5.10 Å². The van der Waals surface area contributed by atoms with Gasteiger partial charge >= 0.3 is 12.4 Å². The number of amides is 1. The Labute approximate surface area is 154 Å². The predicted molar refractivity (Wildman–Crippen MR) is 82.9 cm³/mol. The molecule has 152 valence electrons. The van der Waals surface area contributed by atoms with Gasteiger partial charge in [-0.05, 0) is 41.5 Å². The van der Waals surface area contributed by atoms with Gasteiger partial charge in [0.2, 0.25) is 0 Å². The molecule has 0 radical (unpaired) electrons. The minimum atomic E-state index is -5.02. The molecule has 1 aliphatic carbocycles. The fraction of sp³-hybridized carbons (Fsp3) is 0.500.